The van der Waals surface area contributed by atoms with Crippen LogP contribution in [0.5, 0.6) is 0 Å². The van der Waals surface area contributed by atoms with Crippen molar-refractivity contribution in [1.29, 1.82) is 0 Å². The summed E-state index contributed by atoms with van der Waals surface area (Å²) >= 11 is 1.73. The van der Waals surface area contributed by atoms with Gasteiger partial charge in [-0.15, -0.1) is 11.8 Å². The van der Waals surface area contributed by atoms with E-state index in [9.17, 15) is 4.79 Å². The minimum Gasteiger partial charge on any atom is -0.373 e. The molecular formula is C25H24N4OS. The van der Waals surface area contributed by atoms with E-state index < -0.39 is 0 Å². The van der Waals surface area contributed by atoms with Gasteiger partial charge in [-0.25, -0.2) is 4.98 Å². The van der Waals surface area contributed by atoms with E-state index in [1.54, 1.807) is 11.8 Å². The van der Waals surface area contributed by atoms with Crippen LogP contribution in [0.15, 0.2) is 65.8 Å². The van der Waals surface area contributed by atoms with E-state index >= 15 is 0 Å². The molecule has 156 valence electrons. The second-order valence-electron chi connectivity index (χ2n) is 7.76. The molecule has 2 heterocycles. The maximum Gasteiger partial charge on any atom is 0.257 e. The monoisotopic (exact) mass is 428 g/mol. The predicted molar refractivity (Wildman–Crippen MR) is 128 cm³/mol. The van der Waals surface area contributed by atoms with Gasteiger partial charge in [-0.2, -0.15) is 0 Å². The number of amides is 1. The number of nitrogens with zero attached hydrogens (tertiary/aromatic N) is 1. The van der Waals surface area contributed by atoms with E-state index in [-0.39, 0.29) is 5.91 Å². The lowest BCUT2D eigenvalue weighted by atomic mass is 10.1. The molecule has 3 N–H and O–H groups in total. The largest absolute Gasteiger partial charge is 0.373 e. The standard InChI is InChI=1S/C25H24N4OS/c1-26-23-12-16(10-11-27-23)15-31-22-7-3-6-21-24(22)20(14-28-21)25(30)29-19-9-8-17-4-2-5-18(17)13-19/h3,6-14,28H,2,4-5,15H2,1H3,(H,26,27)(H,29,30). The zero-order chi connectivity index (χ0) is 21.2. The Hall–Kier alpha value is -3.25. The molecule has 6 heteroatoms. The molecule has 1 amide bonds. The van der Waals surface area contributed by atoms with Gasteiger partial charge in [-0.05, 0) is 72.4 Å². The fraction of sp³-hybridized carbons (Fsp3) is 0.200. The number of rotatable bonds is 6. The maximum absolute atomic E-state index is 13.1. The molecule has 1 aliphatic carbocycles. The van der Waals surface area contributed by atoms with Gasteiger partial charge in [0.1, 0.15) is 5.82 Å². The summed E-state index contributed by atoms with van der Waals surface area (Å²) in [6, 6.07) is 16.4. The molecule has 0 radical (unpaired) electrons. The number of carbonyl (C=O) groups excluding carboxylic acids is 1. The highest BCUT2D eigenvalue weighted by Crippen LogP contribution is 2.33. The van der Waals surface area contributed by atoms with Crippen LogP contribution >= 0.6 is 11.8 Å². The summed E-state index contributed by atoms with van der Waals surface area (Å²) in [6.45, 7) is 0. The number of hydrogen-bond acceptors (Lipinski definition) is 4. The second-order valence-corrected chi connectivity index (χ2v) is 8.78. The van der Waals surface area contributed by atoms with Crippen molar-refractivity contribution in [1.82, 2.24) is 9.97 Å². The van der Waals surface area contributed by atoms with E-state index in [0.717, 1.165) is 45.9 Å². The fourth-order valence-electron chi connectivity index (χ4n) is 4.16. The lowest BCUT2D eigenvalue weighted by molar-refractivity contribution is 0.102. The Morgan fingerprint density at radius 3 is 2.94 bits per heavy atom. The van der Waals surface area contributed by atoms with Crippen LogP contribution in [0.1, 0.15) is 33.5 Å². The van der Waals surface area contributed by atoms with Crippen molar-refractivity contribution < 1.29 is 4.79 Å². The average Bonchev–Trinajstić information content (AvgIpc) is 3.44. The van der Waals surface area contributed by atoms with Crippen molar-refractivity contribution in [2.24, 2.45) is 0 Å². The zero-order valence-corrected chi connectivity index (χ0v) is 18.2. The number of pyridine rings is 1. The highest BCUT2D eigenvalue weighted by molar-refractivity contribution is 7.98. The van der Waals surface area contributed by atoms with Gasteiger partial charge in [-0.1, -0.05) is 12.1 Å². The van der Waals surface area contributed by atoms with Crippen LogP contribution in [0.25, 0.3) is 10.9 Å². The minimum absolute atomic E-state index is 0.0846. The molecule has 0 aliphatic heterocycles. The number of carbonyl (C=O) groups is 1. The number of fused-ring (bicyclic) bond motifs is 2. The first-order valence-electron chi connectivity index (χ1n) is 10.5. The number of aromatic amines is 1. The first-order valence-corrected chi connectivity index (χ1v) is 11.5. The van der Waals surface area contributed by atoms with Gasteiger partial charge in [0.15, 0.2) is 0 Å². The van der Waals surface area contributed by atoms with E-state index in [4.69, 9.17) is 0 Å². The normalized spacial score (nSPS) is 12.7. The number of nitrogens with one attached hydrogen (secondary N) is 3. The van der Waals surface area contributed by atoms with Crippen molar-refractivity contribution in [2.75, 3.05) is 17.7 Å². The van der Waals surface area contributed by atoms with Gasteiger partial charge in [-0.3, -0.25) is 4.79 Å². The minimum atomic E-state index is -0.0846. The molecule has 0 fully saturated rings. The summed E-state index contributed by atoms with van der Waals surface area (Å²) in [5.74, 6) is 1.57. The van der Waals surface area contributed by atoms with Gasteiger partial charge in [0.05, 0.1) is 5.56 Å². The second kappa shape index (κ2) is 8.47. The van der Waals surface area contributed by atoms with E-state index in [2.05, 4.69) is 38.8 Å². The van der Waals surface area contributed by atoms with Gasteiger partial charge >= 0.3 is 0 Å². The number of aryl methyl sites for hydroxylation is 2. The van der Waals surface area contributed by atoms with E-state index in [1.165, 1.54) is 23.1 Å². The van der Waals surface area contributed by atoms with Gasteiger partial charge in [0.2, 0.25) is 0 Å². The summed E-state index contributed by atoms with van der Waals surface area (Å²) in [7, 11) is 1.87. The van der Waals surface area contributed by atoms with Crippen LogP contribution in [-0.2, 0) is 18.6 Å². The van der Waals surface area contributed by atoms with Crippen molar-refractivity contribution in [3.8, 4) is 0 Å². The Balaban J connectivity index is 1.39. The number of hydrogen-bond donors (Lipinski definition) is 3. The van der Waals surface area contributed by atoms with Crippen molar-refractivity contribution >= 4 is 40.1 Å². The molecule has 5 nitrogen and oxygen atoms in total. The Labute approximate surface area is 185 Å². The number of anilines is 2. The number of thioether (sulfide) groups is 1. The molecule has 0 unspecified atom stereocenters. The van der Waals surface area contributed by atoms with Crippen molar-refractivity contribution in [2.45, 2.75) is 29.9 Å². The van der Waals surface area contributed by atoms with E-state index in [1.807, 2.05) is 49.8 Å². The molecular weight excluding hydrogens is 404 g/mol. The third kappa shape index (κ3) is 4.03. The van der Waals surface area contributed by atoms with Crippen LogP contribution in [-0.4, -0.2) is 22.9 Å². The SMILES string of the molecule is CNc1cc(CSc2cccc3[nH]cc(C(=O)Nc4ccc5c(c4)CCC5)c23)ccn1. The molecule has 5 rings (SSSR count). The molecule has 4 aromatic rings. The van der Waals surface area contributed by atoms with Crippen LogP contribution in [0.4, 0.5) is 11.5 Å². The lowest BCUT2D eigenvalue weighted by Gasteiger charge is -2.09. The van der Waals surface area contributed by atoms with Crippen LogP contribution in [0.2, 0.25) is 0 Å². The topological polar surface area (TPSA) is 69.8 Å². The summed E-state index contributed by atoms with van der Waals surface area (Å²) in [5, 5.41) is 7.14. The molecule has 0 spiro atoms. The van der Waals surface area contributed by atoms with Crippen LogP contribution < -0.4 is 10.6 Å². The number of H-pyrrole nitrogens is 1. The van der Waals surface area contributed by atoms with Gasteiger partial charge < -0.3 is 15.6 Å². The smallest absolute Gasteiger partial charge is 0.257 e. The molecule has 2 aromatic heterocycles. The molecule has 0 saturated heterocycles. The summed E-state index contributed by atoms with van der Waals surface area (Å²) in [6.07, 6.45) is 7.05. The number of aromatic nitrogens is 2. The first kappa shape index (κ1) is 19.7. The summed E-state index contributed by atoms with van der Waals surface area (Å²) in [4.78, 5) is 21.8. The molecule has 0 saturated carbocycles. The molecule has 31 heavy (non-hydrogen) atoms. The Kier molecular flexibility index (Phi) is 5.38. The molecule has 2 aromatic carbocycles. The van der Waals surface area contributed by atoms with Gasteiger partial charge in [0.25, 0.3) is 5.91 Å². The summed E-state index contributed by atoms with van der Waals surface area (Å²) in [5.41, 5.74) is 6.44. The third-order valence-corrected chi connectivity index (χ3v) is 6.87. The molecule has 0 atom stereocenters. The highest BCUT2D eigenvalue weighted by atomic mass is 32.2. The Bertz CT molecular complexity index is 1260. The molecule has 1 aliphatic rings. The predicted octanol–water partition coefficient (Wildman–Crippen LogP) is 5.64. The van der Waals surface area contributed by atoms with Crippen molar-refractivity contribution in [3.63, 3.8) is 0 Å². The maximum atomic E-state index is 13.1. The highest BCUT2D eigenvalue weighted by Gasteiger charge is 2.17. The summed E-state index contributed by atoms with van der Waals surface area (Å²) < 4.78 is 0. The lowest BCUT2D eigenvalue weighted by Crippen LogP contribution is -2.11. The zero-order valence-electron chi connectivity index (χ0n) is 17.4. The van der Waals surface area contributed by atoms with Crippen LogP contribution in [0, 0.1) is 0 Å². The number of benzene rings is 2. The quantitative estimate of drug-likeness (QED) is 0.348. The molecule has 0 bridgehead atoms. The Morgan fingerprint density at radius 2 is 2.03 bits per heavy atom. The first-order chi connectivity index (χ1) is 15.2. The van der Waals surface area contributed by atoms with Gasteiger partial charge in [0, 0.05) is 46.7 Å². The third-order valence-electron chi connectivity index (χ3n) is 5.74. The fourth-order valence-corrected chi connectivity index (χ4v) is 5.20. The Morgan fingerprint density at radius 1 is 1.13 bits per heavy atom. The van der Waals surface area contributed by atoms with Crippen molar-refractivity contribution in [3.05, 3.63) is 83.2 Å². The average molecular weight is 429 g/mol. The van der Waals surface area contributed by atoms with Crippen LogP contribution in [0.3, 0.4) is 0 Å². The van der Waals surface area contributed by atoms with E-state index in [0.29, 0.717) is 5.56 Å².